The van der Waals surface area contributed by atoms with Crippen molar-refractivity contribution >= 4 is 11.6 Å². The highest BCUT2D eigenvalue weighted by atomic mass is 16.3. The summed E-state index contributed by atoms with van der Waals surface area (Å²) in [4.78, 5) is 14.0. The van der Waals surface area contributed by atoms with E-state index in [9.17, 15) is 4.79 Å². The second-order valence-corrected chi connectivity index (χ2v) is 5.27. The van der Waals surface area contributed by atoms with Gasteiger partial charge in [0.25, 0.3) is 0 Å². The normalized spacial score (nSPS) is 11.1. The third-order valence-corrected chi connectivity index (χ3v) is 3.31. The number of benzene rings is 1. The molecule has 112 valence electrons. The first kappa shape index (κ1) is 16.7. The first-order chi connectivity index (χ1) is 9.56. The van der Waals surface area contributed by atoms with Crippen molar-refractivity contribution < 1.29 is 9.90 Å². The van der Waals surface area contributed by atoms with Gasteiger partial charge >= 0.3 is 0 Å². The topological polar surface area (TPSA) is 52.6 Å². The fourth-order valence-electron chi connectivity index (χ4n) is 2.00. The number of hydrogen-bond acceptors (Lipinski definition) is 3. The van der Waals surface area contributed by atoms with Crippen LogP contribution in [0.4, 0.5) is 5.69 Å². The van der Waals surface area contributed by atoms with E-state index in [1.54, 1.807) is 0 Å². The SMILES string of the molecule is CCN(CCCO)CC(=O)Nc1ccc(C(C)C)cc1. The lowest BCUT2D eigenvalue weighted by Crippen LogP contribution is -2.34. The van der Waals surface area contributed by atoms with Crippen molar-refractivity contribution in [3.8, 4) is 0 Å². The summed E-state index contributed by atoms with van der Waals surface area (Å²) < 4.78 is 0. The number of rotatable bonds is 8. The first-order valence-corrected chi connectivity index (χ1v) is 7.29. The maximum absolute atomic E-state index is 11.9. The van der Waals surface area contributed by atoms with E-state index < -0.39 is 0 Å². The van der Waals surface area contributed by atoms with Gasteiger partial charge in [-0.05, 0) is 36.6 Å². The highest BCUT2D eigenvalue weighted by Crippen LogP contribution is 2.17. The van der Waals surface area contributed by atoms with Crippen molar-refractivity contribution in [3.63, 3.8) is 0 Å². The van der Waals surface area contributed by atoms with Gasteiger partial charge in [0.2, 0.25) is 5.91 Å². The minimum absolute atomic E-state index is 0.0120. The Morgan fingerprint density at radius 2 is 1.95 bits per heavy atom. The number of carbonyl (C=O) groups is 1. The third-order valence-electron chi connectivity index (χ3n) is 3.31. The molecule has 0 aliphatic carbocycles. The van der Waals surface area contributed by atoms with Crippen LogP contribution in [0, 0.1) is 0 Å². The number of carbonyl (C=O) groups excluding carboxylic acids is 1. The summed E-state index contributed by atoms with van der Waals surface area (Å²) in [6.45, 7) is 8.38. The summed E-state index contributed by atoms with van der Waals surface area (Å²) in [5, 5.41) is 11.7. The molecule has 0 fully saturated rings. The molecule has 1 aromatic rings. The zero-order chi connectivity index (χ0) is 15.0. The molecule has 0 saturated carbocycles. The Morgan fingerprint density at radius 1 is 1.30 bits per heavy atom. The number of amides is 1. The van der Waals surface area contributed by atoms with Gasteiger partial charge in [-0.15, -0.1) is 0 Å². The van der Waals surface area contributed by atoms with Crippen LogP contribution in [0.5, 0.6) is 0 Å². The molecule has 0 bridgehead atoms. The van der Waals surface area contributed by atoms with Crippen molar-refractivity contribution in [2.45, 2.75) is 33.1 Å². The van der Waals surface area contributed by atoms with E-state index in [1.807, 2.05) is 36.1 Å². The molecule has 0 heterocycles. The van der Waals surface area contributed by atoms with Crippen LogP contribution in [0.2, 0.25) is 0 Å². The summed E-state index contributed by atoms with van der Waals surface area (Å²) in [6, 6.07) is 7.97. The second kappa shape index (κ2) is 8.72. The van der Waals surface area contributed by atoms with E-state index >= 15 is 0 Å². The maximum atomic E-state index is 11.9. The summed E-state index contributed by atoms with van der Waals surface area (Å²) in [5.41, 5.74) is 2.10. The van der Waals surface area contributed by atoms with Crippen molar-refractivity contribution in [1.82, 2.24) is 4.90 Å². The lowest BCUT2D eigenvalue weighted by atomic mass is 10.0. The molecule has 0 saturated heterocycles. The fourth-order valence-corrected chi connectivity index (χ4v) is 2.00. The van der Waals surface area contributed by atoms with E-state index in [-0.39, 0.29) is 12.5 Å². The Labute approximate surface area is 121 Å². The molecule has 2 N–H and O–H groups in total. The van der Waals surface area contributed by atoms with Crippen molar-refractivity contribution in [2.24, 2.45) is 0 Å². The minimum atomic E-state index is -0.0120. The summed E-state index contributed by atoms with van der Waals surface area (Å²) in [7, 11) is 0. The molecule has 0 aliphatic heterocycles. The number of nitrogens with one attached hydrogen (secondary N) is 1. The summed E-state index contributed by atoms with van der Waals surface area (Å²) in [6.07, 6.45) is 0.699. The Hall–Kier alpha value is -1.39. The minimum Gasteiger partial charge on any atom is -0.396 e. The van der Waals surface area contributed by atoms with Gasteiger partial charge in [0.1, 0.15) is 0 Å². The molecule has 4 nitrogen and oxygen atoms in total. The number of aliphatic hydroxyl groups excluding tert-OH is 1. The van der Waals surface area contributed by atoms with Crippen LogP contribution in [-0.2, 0) is 4.79 Å². The zero-order valence-corrected chi connectivity index (χ0v) is 12.7. The monoisotopic (exact) mass is 278 g/mol. The standard InChI is InChI=1S/C16H26N2O2/c1-4-18(10-5-11-19)12-16(20)17-15-8-6-14(7-9-15)13(2)3/h6-9,13,19H,4-5,10-12H2,1-3H3,(H,17,20). The Bertz CT molecular complexity index is 401. The summed E-state index contributed by atoms with van der Waals surface area (Å²) >= 11 is 0. The molecule has 20 heavy (non-hydrogen) atoms. The van der Waals surface area contributed by atoms with Crippen molar-refractivity contribution in [3.05, 3.63) is 29.8 Å². The lowest BCUT2D eigenvalue weighted by molar-refractivity contribution is -0.117. The molecule has 1 rings (SSSR count). The molecular formula is C16H26N2O2. The van der Waals surface area contributed by atoms with Crippen LogP contribution >= 0.6 is 0 Å². The molecule has 0 atom stereocenters. The largest absolute Gasteiger partial charge is 0.396 e. The average Bonchev–Trinajstić information content (AvgIpc) is 2.43. The quantitative estimate of drug-likeness (QED) is 0.768. The van der Waals surface area contributed by atoms with Gasteiger partial charge in [-0.3, -0.25) is 9.69 Å². The van der Waals surface area contributed by atoms with Crippen LogP contribution in [0.3, 0.4) is 0 Å². The Kier molecular flexibility index (Phi) is 7.26. The molecule has 0 spiro atoms. The van der Waals surface area contributed by atoms with Gasteiger partial charge in [0.05, 0.1) is 6.54 Å². The number of anilines is 1. The second-order valence-electron chi connectivity index (χ2n) is 5.27. The van der Waals surface area contributed by atoms with E-state index in [0.717, 1.165) is 18.8 Å². The fraction of sp³-hybridized carbons (Fsp3) is 0.562. The van der Waals surface area contributed by atoms with E-state index in [4.69, 9.17) is 5.11 Å². The van der Waals surface area contributed by atoms with E-state index in [2.05, 4.69) is 19.2 Å². The zero-order valence-electron chi connectivity index (χ0n) is 12.7. The van der Waals surface area contributed by atoms with Gasteiger partial charge in [-0.1, -0.05) is 32.9 Å². The van der Waals surface area contributed by atoms with Gasteiger partial charge in [-0.25, -0.2) is 0 Å². The molecule has 0 unspecified atom stereocenters. The van der Waals surface area contributed by atoms with Crippen LogP contribution < -0.4 is 5.32 Å². The van der Waals surface area contributed by atoms with Gasteiger partial charge in [0.15, 0.2) is 0 Å². The molecule has 1 amide bonds. The lowest BCUT2D eigenvalue weighted by Gasteiger charge is -2.19. The Morgan fingerprint density at radius 3 is 2.45 bits per heavy atom. The van der Waals surface area contributed by atoms with Gasteiger partial charge in [-0.2, -0.15) is 0 Å². The predicted octanol–water partition coefficient (Wildman–Crippen LogP) is 2.45. The molecule has 0 radical (unpaired) electrons. The van der Waals surface area contributed by atoms with E-state index in [0.29, 0.717) is 18.9 Å². The predicted molar refractivity (Wildman–Crippen MR) is 83.0 cm³/mol. The molecule has 0 aromatic heterocycles. The van der Waals surface area contributed by atoms with Crippen molar-refractivity contribution in [1.29, 1.82) is 0 Å². The Balaban J connectivity index is 2.48. The van der Waals surface area contributed by atoms with Crippen LogP contribution in [0.1, 0.15) is 38.7 Å². The van der Waals surface area contributed by atoms with Crippen LogP contribution in [0.25, 0.3) is 0 Å². The van der Waals surface area contributed by atoms with Crippen molar-refractivity contribution in [2.75, 3.05) is 31.6 Å². The van der Waals surface area contributed by atoms with Gasteiger partial charge < -0.3 is 10.4 Å². The third kappa shape index (κ3) is 5.72. The molecule has 0 aliphatic rings. The first-order valence-electron chi connectivity index (χ1n) is 7.29. The van der Waals surface area contributed by atoms with Gasteiger partial charge in [0, 0.05) is 18.8 Å². The van der Waals surface area contributed by atoms with Crippen LogP contribution in [0.15, 0.2) is 24.3 Å². The highest BCUT2D eigenvalue weighted by Gasteiger charge is 2.09. The number of nitrogens with zero attached hydrogens (tertiary/aromatic N) is 1. The number of aliphatic hydroxyl groups is 1. The molecule has 4 heteroatoms. The number of likely N-dealkylation sites (N-methyl/N-ethyl adjacent to an activating group) is 1. The summed E-state index contributed by atoms with van der Waals surface area (Å²) in [5.74, 6) is 0.482. The smallest absolute Gasteiger partial charge is 0.238 e. The molecule has 1 aromatic carbocycles. The number of hydrogen-bond donors (Lipinski definition) is 2. The van der Waals surface area contributed by atoms with Crippen LogP contribution in [-0.4, -0.2) is 42.2 Å². The van der Waals surface area contributed by atoms with E-state index in [1.165, 1.54) is 5.56 Å². The molecular weight excluding hydrogens is 252 g/mol. The highest BCUT2D eigenvalue weighted by molar-refractivity contribution is 5.92. The maximum Gasteiger partial charge on any atom is 0.238 e. The average molecular weight is 278 g/mol.